The first-order valence-corrected chi connectivity index (χ1v) is 8.99. The van der Waals surface area contributed by atoms with E-state index in [2.05, 4.69) is 10.0 Å². The van der Waals surface area contributed by atoms with Gasteiger partial charge in [-0.15, -0.1) is 0 Å². The Hall–Kier alpha value is -1.99. The van der Waals surface area contributed by atoms with Gasteiger partial charge < -0.3 is 14.4 Å². The maximum Gasteiger partial charge on any atom is 0.410 e. The van der Waals surface area contributed by atoms with Gasteiger partial charge in [0.05, 0.1) is 19.2 Å². The first-order valence-electron chi connectivity index (χ1n) is 8.99. The summed E-state index contributed by atoms with van der Waals surface area (Å²) >= 11 is 0. The highest BCUT2D eigenvalue weighted by Gasteiger charge is 2.40. The van der Waals surface area contributed by atoms with Crippen LogP contribution in [-0.2, 0) is 14.3 Å². The van der Waals surface area contributed by atoms with E-state index in [1.807, 2.05) is 39.5 Å². The summed E-state index contributed by atoms with van der Waals surface area (Å²) in [5.41, 5.74) is 8.06. The molecular weight excluding hydrogens is 338 g/mol. The van der Waals surface area contributed by atoms with Crippen LogP contribution in [-0.4, -0.2) is 72.3 Å². The lowest BCUT2D eigenvalue weighted by Gasteiger charge is -2.47. The van der Waals surface area contributed by atoms with E-state index < -0.39 is 11.7 Å². The van der Waals surface area contributed by atoms with Gasteiger partial charge in [0.15, 0.2) is 0 Å². The van der Waals surface area contributed by atoms with Gasteiger partial charge in [0.25, 0.3) is 0 Å². The third kappa shape index (κ3) is 6.72. The summed E-state index contributed by atoms with van der Waals surface area (Å²) in [5, 5.41) is 3.65. The second-order valence-corrected chi connectivity index (χ2v) is 7.75. The van der Waals surface area contributed by atoms with Crippen LogP contribution in [0.15, 0.2) is 5.11 Å². The molecule has 9 heteroatoms. The number of hydrogen-bond donors (Lipinski definition) is 0. The van der Waals surface area contributed by atoms with Gasteiger partial charge in [-0.05, 0) is 39.1 Å². The molecule has 1 fully saturated rings. The fourth-order valence-electron chi connectivity index (χ4n) is 2.94. The lowest BCUT2D eigenvalue weighted by atomic mass is 9.97. The van der Waals surface area contributed by atoms with Crippen LogP contribution in [0.25, 0.3) is 10.4 Å². The quantitative estimate of drug-likeness (QED) is 0.309. The molecule has 26 heavy (non-hydrogen) atoms. The van der Waals surface area contributed by atoms with Gasteiger partial charge in [-0.2, -0.15) is 0 Å². The lowest BCUT2D eigenvalue weighted by molar-refractivity contribution is -0.146. The number of hydrogen-bond acceptors (Lipinski definition) is 6. The third-order valence-electron chi connectivity index (χ3n) is 4.14. The number of azide groups is 1. The highest BCUT2D eigenvalue weighted by Crippen LogP contribution is 2.24. The van der Waals surface area contributed by atoms with Crippen molar-refractivity contribution in [2.75, 3.05) is 32.8 Å². The second-order valence-electron chi connectivity index (χ2n) is 7.75. The van der Waals surface area contributed by atoms with E-state index >= 15 is 0 Å². The molecule has 1 heterocycles. The largest absolute Gasteiger partial charge is 0.465 e. The topological polar surface area (TPSA) is 108 Å². The molecule has 0 aromatic rings. The molecule has 0 radical (unpaired) electrons. The molecule has 0 unspecified atom stereocenters. The molecule has 1 aliphatic rings. The molecule has 0 aromatic carbocycles. The molecular formula is C17H31N5O4. The number of rotatable bonds is 6. The van der Waals surface area contributed by atoms with Crippen LogP contribution in [0.3, 0.4) is 0 Å². The average Bonchev–Trinajstić information content (AvgIpc) is 2.51. The summed E-state index contributed by atoms with van der Waals surface area (Å²) in [6.45, 7) is 12.7. The fraction of sp³-hybridized carbons (Fsp3) is 0.882. The predicted octanol–water partition coefficient (Wildman–Crippen LogP) is 2.81. The van der Waals surface area contributed by atoms with Crippen LogP contribution in [0.4, 0.5) is 4.79 Å². The molecule has 0 aliphatic carbocycles. The predicted molar refractivity (Wildman–Crippen MR) is 97.6 cm³/mol. The zero-order chi connectivity index (χ0) is 19.9. The molecule has 1 saturated heterocycles. The highest BCUT2D eigenvalue weighted by atomic mass is 16.6. The number of esters is 1. The number of amides is 1. The zero-order valence-corrected chi connectivity index (χ0v) is 16.6. The molecule has 0 N–H and O–H groups in total. The fourth-order valence-corrected chi connectivity index (χ4v) is 2.94. The Labute approximate surface area is 155 Å². The van der Waals surface area contributed by atoms with Crippen LogP contribution in [0.5, 0.6) is 0 Å². The molecule has 0 aromatic heterocycles. The molecule has 0 spiro atoms. The van der Waals surface area contributed by atoms with Gasteiger partial charge in [-0.3, -0.25) is 9.69 Å². The van der Waals surface area contributed by atoms with Gasteiger partial charge in [-0.25, -0.2) is 4.79 Å². The summed E-state index contributed by atoms with van der Waals surface area (Å²) in [4.78, 5) is 31.0. The van der Waals surface area contributed by atoms with Gasteiger partial charge in [-0.1, -0.05) is 19.0 Å². The van der Waals surface area contributed by atoms with Crippen molar-refractivity contribution in [1.29, 1.82) is 0 Å². The maximum absolute atomic E-state index is 12.7. The number of carbonyl (C=O) groups is 2. The normalized spacial score (nSPS) is 21.3. The number of piperazine rings is 1. The van der Waals surface area contributed by atoms with Gasteiger partial charge in [0, 0.05) is 30.6 Å². The van der Waals surface area contributed by atoms with Gasteiger partial charge in [0.1, 0.15) is 5.60 Å². The van der Waals surface area contributed by atoms with Crippen molar-refractivity contribution in [2.24, 2.45) is 11.0 Å². The Bertz CT molecular complexity index is 540. The smallest absolute Gasteiger partial charge is 0.410 e. The molecule has 0 saturated carbocycles. The number of ether oxygens (including phenoxy) is 2. The van der Waals surface area contributed by atoms with E-state index in [0.29, 0.717) is 19.7 Å². The summed E-state index contributed by atoms with van der Waals surface area (Å²) < 4.78 is 10.6. The van der Waals surface area contributed by atoms with Crippen LogP contribution < -0.4 is 0 Å². The number of carbonyl (C=O) groups excluding carboxylic acids is 2. The Morgan fingerprint density at radius 2 is 1.96 bits per heavy atom. The van der Waals surface area contributed by atoms with Crippen LogP contribution in [0.2, 0.25) is 0 Å². The molecule has 9 nitrogen and oxygen atoms in total. The van der Waals surface area contributed by atoms with Crippen molar-refractivity contribution >= 4 is 12.1 Å². The van der Waals surface area contributed by atoms with Crippen molar-refractivity contribution in [1.82, 2.24) is 9.80 Å². The average molecular weight is 369 g/mol. The Morgan fingerprint density at radius 3 is 2.46 bits per heavy atom. The molecule has 2 atom stereocenters. The number of nitrogens with zero attached hydrogens (tertiary/aromatic N) is 5. The lowest BCUT2D eigenvalue weighted by Crippen LogP contribution is -2.63. The van der Waals surface area contributed by atoms with Gasteiger partial charge in [0.2, 0.25) is 0 Å². The summed E-state index contributed by atoms with van der Waals surface area (Å²) in [5.74, 6) is -0.153. The second kappa shape index (κ2) is 9.64. The molecule has 148 valence electrons. The monoisotopic (exact) mass is 369 g/mol. The minimum Gasteiger partial charge on any atom is -0.465 e. The maximum atomic E-state index is 12.7. The molecule has 1 amide bonds. The molecule has 1 aliphatic heterocycles. The van der Waals surface area contributed by atoms with E-state index in [-0.39, 0.29) is 37.1 Å². The SMILES string of the molecule is CCOC(=O)CN1C[C@H](C(C)C)N(C(=O)OC(C)(C)C)C[C@@H]1CN=[N+]=[N-]. The zero-order valence-electron chi connectivity index (χ0n) is 16.6. The van der Waals surface area contributed by atoms with E-state index in [1.54, 1.807) is 11.8 Å². The van der Waals surface area contributed by atoms with Crippen LogP contribution in [0, 0.1) is 5.92 Å². The Morgan fingerprint density at radius 1 is 1.31 bits per heavy atom. The van der Waals surface area contributed by atoms with E-state index in [1.165, 1.54) is 0 Å². The standard InChI is InChI=1S/C17H31N5O4/c1-7-25-15(23)11-21-10-14(12(2)3)22(9-13(21)8-19-20-18)16(24)26-17(4,5)6/h12-14H,7-11H2,1-6H3/t13-,14+/m0/s1. The minimum absolute atomic E-state index is 0.102. The Kier molecular flexibility index (Phi) is 8.17. The van der Waals surface area contributed by atoms with Crippen LogP contribution in [0.1, 0.15) is 41.5 Å². The summed E-state index contributed by atoms with van der Waals surface area (Å²) in [7, 11) is 0. The van der Waals surface area contributed by atoms with Crippen molar-refractivity contribution < 1.29 is 19.1 Å². The summed E-state index contributed by atoms with van der Waals surface area (Å²) in [6.07, 6.45) is -0.391. The van der Waals surface area contributed by atoms with E-state index in [9.17, 15) is 9.59 Å². The van der Waals surface area contributed by atoms with Crippen LogP contribution >= 0.6 is 0 Å². The van der Waals surface area contributed by atoms with Crippen molar-refractivity contribution in [3.63, 3.8) is 0 Å². The molecule has 1 rings (SSSR count). The van der Waals surface area contributed by atoms with Crippen molar-refractivity contribution in [2.45, 2.75) is 59.2 Å². The van der Waals surface area contributed by atoms with Gasteiger partial charge >= 0.3 is 12.1 Å². The van der Waals surface area contributed by atoms with E-state index in [4.69, 9.17) is 15.0 Å². The summed E-state index contributed by atoms with van der Waals surface area (Å²) in [6, 6.07) is -0.376. The first kappa shape index (κ1) is 22.1. The minimum atomic E-state index is -0.596. The highest BCUT2D eigenvalue weighted by molar-refractivity contribution is 5.72. The van der Waals surface area contributed by atoms with Crippen molar-refractivity contribution in [3.8, 4) is 0 Å². The van der Waals surface area contributed by atoms with E-state index in [0.717, 1.165) is 0 Å². The third-order valence-corrected chi connectivity index (χ3v) is 4.14. The van der Waals surface area contributed by atoms with Crippen molar-refractivity contribution in [3.05, 3.63) is 10.4 Å². The molecule has 0 bridgehead atoms. The first-order chi connectivity index (χ1) is 12.1. The Balaban J connectivity index is 3.01.